The van der Waals surface area contributed by atoms with Crippen LogP contribution in [-0.2, 0) is 5.88 Å². The lowest BCUT2D eigenvalue weighted by molar-refractivity contribution is 0.981. The van der Waals surface area contributed by atoms with Crippen LogP contribution in [-0.4, -0.2) is 9.55 Å². The van der Waals surface area contributed by atoms with Gasteiger partial charge in [-0.1, -0.05) is 17.7 Å². The number of rotatable bonds is 2. The molecule has 0 amide bonds. The Morgan fingerprint density at radius 3 is 2.58 bits per heavy atom. The summed E-state index contributed by atoms with van der Waals surface area (Å²) in [5.74, 6) is 1.28. The SMILES string of the molecule is Cc1ccc(-n2c(CCl)nc3cc(I)ccc32)cc1. The Morgan fingerprint density at radius 1 is 1.16 bits per heavy atom. The van der Waals surface area contributed by atoms with Crippen LogP contribution in [0.1, 0.15) is 11.4 Å². The van der Waals surface area contributed by atoms with Gasteiger partial charge in [0.2, 0.25) is 0 Å². The molecule has 4 heteroatoms. The van der Waals surface area contributed by atoms with Crippen LogP contribution in [0.5, 0.6) is 0 Å². The first-order valence-electron chi connectivity index (χ1n) is 5.99. The van der Waals surface area contributed by atoms with E-state index in [1.165, 1.54) is 9.13 Å². The number of aryl methyl sites for hydroxylation is 1. The number of fused-ring (bicyclic) bond motifs is 1. The number of imidazole rings is 1. The van der Waals surface area contributed by atoms with Gasteiger partial charge in [0.25, 0.3) is 0 Å². The van der Waals surface area contributed by atoms with Gasteiger partial charge in [-0.2, -0.15) is 0 Å². The van der Waals surface area contributed by atoms with Crippen molar-refractivity contribution in [2.75, 3.05) is 0 Å². The van der Waals surface area contributed by atoms with Gasteiger partial charge in [-0.15, -0.1) is 11.6 Å². The molecule has 0 bridgehead atoms. The predicted molar refractivity (Wildman–Crippen MR) is 88.1 cm³/mol. The number of hydrogen-bond acceptors (Lipinski definition) is 1. The molecule has 0 fully saturated rings. The average Bonchev–Trinajstić information content (AvgIpc) is 2.77. The fraction of sp³-hybridized carbons (Fsp3) is 0.133. The van der Waals surface area contributed by atoms with Crippen molar-refractivity contribution >= 4 is 45.2 Å². The van der Waals surface area contributed by atoms with Crippen LogP contribution in [0.25, 0.3) is 16.7 Å². The number of hydrogen-bond donors (Lipinski definition) is 0. The molecule has 0 saturated carbocycles. The third-order valence-corrected chi connectivity index (χ3v) is 4.01. The fourth-order valence-corrected chi connectivity index (χ4v) is 2.83. The maximum atomic E-state index is 6.04. The second kappa shape index (κ2) is 5.13. The molecule has 96 valence electrons. The molecular formula is C15H12ClIN2. The Morgan fingerprint density at radius 2 is 1.89 bits per heavy atom. The van der Waals surface area contributed by atoms with Crippen LogP contribution in [0.4, 0.5) is 0 Å². The molecule has 1 aromatic heterocycles. The highest BCUT2D eigenvalue weighted by Crippen LogP contribution is 2.24. The lowest BCUT2D eigenvalue weighted by Gasteiger charge is -2.08. The lowest BCUT2D eigenvalue weighted by Crippen LogP contribution is -1.99. The molecule has 0 aliphatic carbocycles. The van der Waals surface area contributed by atoms with Gasteiger partial charge in [-0.25, -0.2) is 4.98 Å². The van der Waals surface area contributed by atoms with E-state index >= 15 is 0 Å². The summed E-state index contributed by atoms with van der Waals surface area (Å²) < 4.78 is 3.30. The topological polar surface area (TPSA) is 17.8 Å². The Bertz CT molecular complexity index is 732. The van der Waals surface area contributed by atoms with Crippen molar-refractivity contribution in [3.63, 3.8) is 0 Å². The third kappa shape index (κ3) is 2.37. The Hall–Kier alpha value is -1.07. The molecule has 0 atom stereocenters. The molecule has 0 saturated heterocycles. The molecule has 1 heterocycles. The van der Waals surface area contributed by atoms with Gasteiger partial charge >= 0.3 is 0 Å². The Kier molecular flexibility index (Phi) is 3.50. The third-order valence-electron chi connectivity index (χ3n) is 3.10. The molecule has 3 aromatic rings. The zero-order chi connectivity index (χ0) is 13.4. The molecule has 19 heavy (non-hydrogen) atoms. The van der Waals surface area contributed by atoms with Crippen LogP contribution in [0.15, 0.2) is 42.5 Å². The van der Waals surface area contributed by atoms with E-state index in [0.29, 0.717) is 5.88 Å². The maximum Gasteiger partial charge on any atom is 0.129 e. The first-order valence-corrected chi connectivity index (χ1v) is 7.60. The number of benzene rings is 2. The van der Waals surface area contributed by atoms with Crippen LogP contribution >= 0.6 is 34.2 Å². The van der Waals surface area contributed by atoms with Crippen molar-refractivity contribution in [1.29, 1.82) is 0 Å². The van der Waals surface area contributed by atoms with Gasteiger partial charge in [-0.05, 0) is 59.8 Å². The minimum absolute atomic E-state index is 0.402. The standard InChI is InChI=1S/C15H12ClIN2/c1-10-2-5-12(6-3-10)19-14-7-4-11(17)8-13(14)18-15(19)9-16/h2-8H,9H2,1H3. The summed E-state index contributed by atoms with van der Waals surface area (Å²) >= 11 is 8.34. The zero-order valence-electron chi connectivity index (χ0n) is 10.4. The molecule has 0 aliphatic heterocycles. The van der Waals surface area contributed by atoms with Crippen molar-refractivity contribution in [2.45, 2.75) is 12.8 Å². The van der Waals surface area contributed by atoms with Crippen molar-refractivity contribution in [3.8, 4) is 5.69 Å². The summed E-state index contributed by atoms with van der Waals surface area (Å²) in [6, 6.07) is 14.7. The summed E-state index contributed by atoms with van der Waals surface area (Å²) in [6.07, 6.45) is 0. The van der Waals surface area contributed by atoms with Gasteiger partial charge in [0.1, 0.15) is 5.82 Å². The molecular weight excluding hydrogens is 371 g/mol. The van der Waals surface area contributed by atoms with Crippen molar-refractivity contribution < 1.29 is 0 Å². The van der Waals surface area contributed by atoms with Gasteiger partial charge in [0.05, 0.1) is 16.9 Å². The summed E-state index contributed by atoms with van der Waals surface area (Å²) in [7, 11) is 0. The predicted octanol–water partition coefficient (Wildman–Crippen LogP) is 4.68. The maximum absolute atomic E-state index is 6.04. The summed E-state index contributed by atoms with van der Waals surface area (Å²) in [4.78, 5) is 4.62. The van der Waals surface area contributed by atoms with Crippen LogP contribution < -0.4 is 0 Å². The normalized spacial score (nSPS) is 11.1. The Labute approximate surface area is 130 Å². The second-order valence-corrected chi connectivity index (χ2v) is 5.98. The molecule has 0 unspecified atom stereocenters. The highest BCUT2D eigenvalue weighted by molar-refractivity contribution is 14.1. The highest BCUT2D eigenvalue weighted by atomic mass is 127. The summed E-state index contributed by atoms with van der Waals surface area (Å²) in [5, 5.41) is 0. The molecule has 3 rings (SSSR count). The van der Waals surface area contributed by atoms with Gasteiger partial charge < -0.3 is 0 Å². The van der Waals surface area contributed by atoms with E-state index in [0.717, 1.165) is 22.5 Å². The number of alkyl halides is 1. The molecule has 2 aromatic carbocycles. The second-order valence-electron chi connectivity index (χ2n) is 4.47. The number of nitrogens with zero attached hydrogens (tertiary/aromatic N) is 2. The largest absolute Gasteiger partial charge is 0.295 e. The van der Waals surface area contributed by atoms with Crippen LogP contribution in [0.3, 0.4) is 0 Å². The summed E-state index contributed by atoms with van der Waals surface area (Å²) in [6.45, 7) is 2.08. The van der Waals surface area contributed by atoms with Crippen molar-refractivity contribution in [2.24, 2.45) is 0 Å². The average molecular weight is 383 g/mol. The molecule has 0 aliphatic rings. The van der Waals surface area contributed by atoms with E-state index in [1.54, 1.807) is 0 Å². The summed E-state index contributed by atoms with van der Waals surface area (Å²) in [5.41, 5.74) is 4.43. The van der Waals surface area contributed by atoms with E-state index in [-0.39, 0.29) is 0 Å². The monoisotopic (exact) mass is 382 g/mol. The quantitative estimate of drug-likeness (QED) is 0.465. The van der Waals surface area contributed by atoms with E-state index < -0.39 is 0 Å². The lowest BCUT2D eigenvalue weighted by atomic mass is 10.2. The number of aromatic nitrogens is 2. The zero-order valence-corrected chi connectivity index (χ0v) is 13.3. The van der Waals surface area contributed by atoms with Crippen molar-refractivity contribution in [1.82, 2.24) is 9.55 Å². The smallest absolute Gasteiger partial charge is 0.129 e. The van der Waals surface area contributed by atoms with Crippen molar-refractivity contribution in [3.05, 3.63) is 57.4 Å². The fourth-order valence-electron chi connectivity index (χ4n) is 2.17. The van der Waals surface area contributed by atoms with Gasteiger partial charge in [-0.3, -0.25) is 4.57 Å². The first-order chi connectivity index (χ1) is 9.19. The van der Waals surface area contributed by atoms with Crippen LogP contribution in [0, 0.1) is 10.5 Å². The van der Waals surface area contributed by atoms with E-state index in [1.807, 2.05) is 0 Å². The minimum atomic E-state index is 0.402. The molecule has 2 nitrogen and oxygen atoms in total. The Balaban J connectivity index is 2.29. The van der Waals surface area contributed by atoms with Crippen LogP contribution in [0.2, 0.25) is 0 Å². The number of halogens is 2. The minimum Gasteiger partial charge on any atom is -0.295 e. The molecule has 0 N–H and O–H groups in total. The van der Waals surface area contributed by atoms with Gasteiger partial charge in [0.15, 0.2) is 0 Å². The van der Waals surface area contributed by atoms with Gasteiger partial charge in [0, 0.05) is 9.26 Å². The highest BCUT2D eigenvalue weighted by Gasteiger charge is 2.11. The first kappa shape index (κ1) is 12.9. The molecule has 0 radical (unpaired) electrons. The molecule has 0 spiro atoms. The van der Waals surface area contributed by atoms with E-state index in [4.69, 9.17) is 11.6 Å². The van der Waals surface area contributed by atoms with E-state index in [9.17, 15) is 0 Å². The van der Waals surface area contributed by atoms with E-state index in [2.05, 4.69) is 81.5 Å².